The Hall–Kier alpha value is -4.83. The molecule has 0 unspecified atom stereocenters. The van der Waals surface area contributed by atoms with Crippen LogP contribution in [0.25, 0.3) is 0 Å². The molecule has 6 nitrogen and oxygen atoms in total. The Labute approximate surface area is 280 Å². The van der Waals surface area contributed by atoms with Crippen molar-refractivity contribution in [3.05, 3.63) is 141 Å². The molecule has 0 aliphatic heterocycles. The van der Waals surface area contributed by atoms with Crippen LogP contribution < -0.4 is 10.6 Å². The van der Waals surface area contributed by atoms with Gasteiger partial charge < -0.3 is 10.6 Å². The molecule has 1 aliphatic carbocycles. The zero-order chi connectivity index (χ0) is 35.4. The molecule has 1 saturated carbocycles. The van der Waals surface area contributed by atoms with Crippen LogP contribution >= 0.6 is 11.6 Å². The van der Waals surface area contributed by atoms with Crippen molar-refractivity contribution in [2.24, 2.45) is 0 Å². The highest BCUT2D eigenvalue weighted by molar-refractivity contribution is 6.30. The van der Waals surface area contributed by atoms with Gasteiger partial charge in [0.05, 0.1) is 11.1 Å². The first-order valence-corrected chi connectivity index (χ1v) is 15.4. The van der Waals surface area contributed by atoms with Crippen LogP contribution in [0, 0.1) is 23.3 Å². The molecule has 48 heavy (non-hydrogen) atoms. The van der Waals surface area contributed by atoms with E-state index in [9.17, 15) is 36.7 Å². The van der Waals surface area contributed by atoms with Gasteiger partial charge >= 0.3 is 0 Å². The van der Waals surface area contributed by atoms with Crippen molar-refractivity contribution in [2.75, 3.05) is 0 Å². The van der Waals surface area contributed by atoms with Crippen LogP contribution in [0.2, 0.25) is 5.02 Å². The lowest BCUT2D eigenvalue weighted by molar-refractivity contribution is 0.0793. The van der Waals surface area contributed by atoms with Crippen molar-refractivity contribution in [1.82, 2.24) is 10.6 Å². The number of amides is 2. The summed E-state index contributed by atoms with van der Waals surface area (Å²) >= 11 is 5.77. The molecule has 1 aliphatic rings. The van der Waals surface area contributed by atoms with Crippen LogP contribution in [0.5, 0.6) is 0 Å². The topological polar surface area (TPSA) is 92.3 Å². The van der Waals surface area contributed by atoms with Gasteiger partial charge in [0.25, 0.3) is 11.8 Å². The van der Waals surface area contributed by atoms with Crippen LogP contribution in [0.15, 0.2) is 84.9 Å². The highest BCUT2D eigenvalue weighted by Crippen LogP contribution is 2.40. The number of hydrogen-bond donors (Lipinski definition) is 2. The Morgan fingerprint density at radius 3 is 1.25 bits per heavy atom. The Kier molecular flexibility index (Phi) is 10.9. The zero-order valence-electron chi connectivity index (χ0n) is 26.6. The largest absolute Gasteiger partial charge is 0.340 e. The lowest BCUT2D eigenvalue weighted by Crippen LogP contribution is -2.50. The van der Waals surface area contributed by atoms with Gasteiger partial charge in [-0.3, -0.25) is 19.2 Å². The summed E-state index contributed by atoms with van der Waals surface area (Å²) in [6, 6.07) is 19.7. The van der Waals surface area contributed by atoms with Gasteiger partial charge in [-0.05, 0) is 101 Å². The average molecular weight is 681 g/mol. The first-order chi connectivity index (χ1) is 22.5. The van der Waals surface area contributed by atoms with Crippen molar-refractivity contribution in [3.63, 3.8) is 0 Å². The standard InChI is InChI=1S/C20H19F2NO2.C17H14ClF2NO2/c1-20(2,23-19(25)17-15(21)4-3-5-16(17)22)18(24)14-10-8-13(9-11-14)12-6-7-12;1-17(2,15(22)10-6-8-11(18)9-7-10)21-16(23)14-12(19)4-3-5-13(14)20/h3-5,8-12H,6-7H2,1-2H3,(H,23,25);3-9H,1-2H3,(H,21,23). The van der Waals surface area contributed by atoms with Gasteiger partial charge in [0.2, 0.25) is 0 Å². The van der Waals surface area contributed by atoms with Gasteiger partial charge in [0, 0.05) is 16.1 Å². The molecule has 4 aromatic rings. The molecule has 0 radical (unpaired) electrons. The van der Waals surface area contributed by atoms with Gasteiger partial charge in [-0.1, -0.05) is 48.0 Å². The highest BCUT2D eigenvalue weighted by Gasteiger charge is 2.34. The molecule has 0 spiro atoms. The molecule has 0 heterocycles. The molecule has 0 atom stereocenters. The van der Waals surface area contributed by atoms with Gasteiger partial charge in [-0.25, -0.2) is 17.6 Å². The summed E-state index contributed by atoms with van der Waals surface area (Å²) in [5, 5.41) is 5.27. The second kappa shape index (κ2) is 14.5. The number of Topliss-reactive ketones (excluding diaryl/α,β-unsaturated/α-hetero) is 2. The minimum Gasteiger partial charge on any atom is -0.340 e. The Morgan fingerprint density at radius 2 is 0.917 bits per heavy atom. The maximum absolute atomic E-state index is 13.7. The number of halogens is 5. The Bertz CT molecular complexity index is 1810. The number of carbonyl (C=O) groups is 4. The van der Waals surface area contributed by atoms with Crippen LogP contribution in [-0.2, 0) is 0 Å². The van der Waals surface area contributed by atoms with E-state index in [1.807, 2.05) is 12.1 Å². The minimum absolute atomic E-state index is 0.319. The molecule has 1 fully saturated rings. The van der Waals surface area contributed by atoms with E-state index < -0.39 is 63.1 Å². The summed E-state index contributed by atoms with van der Waals surface area (Å²) in [6.07, 6.45) is 2.34. The lowest BCUT2D eigenvalue weighted by Gasteiger charge is -2.25. The number of carbonyl (C=O) groups excluding carboxylic acids is 4. The van der Waals surface area contributed by atoms with Crippen LogP contribution in [0.3, 0.4) is 0 Å². The summed E-state index contributed by atoms with van der Waals surface area (Å²) in [4.78, 5) is 49.5. The summed E-state index contributed by atoms with van der Waals surface area (Å²) < 4.78 is 54.8. The molecule has 0 aromatic heterocycles. The van der Waals surface area contributed by atoms with Crippen molar-refractivity contribution in [2.45, 2.75) is 57.5 Å². The smallest absolute Gasteiger partial charge is 0.258 e. The predicted octanol–water partition coefficient (Wildman–Crippen LogP) is 8.24. The molecule has 250 valence electrons. The van der Waals surface area contributed by atoms with Gasteiger partial charge in [-0.2, -0.15) is 0 Å². The van der Waals surface area contributed by atoms with Crippen molar-refractivity contribution < 1.29 is 36.7 Å². The van der Waals surface area contributed by atoms with Crippen molar-refractivity contribution in [3.8, 4) is 0 Å². The Morgan fingerprint density at radius 1 is 0.583 bits per heavy atom. The van der Waals surface area contributed by atoms with E-state index in [0.717, 1.165) is 30.3 Å². The third-order valence-corrected chi connectivity index (χ3v) is 7.95. The van der Waals surface area contributed by atoms with Gasteiger partial charge in [-0.15, -0.1) is 0 Å². The molecule has 0 bridgehead atoms. The first-order valence-electron chi connectivity index (χ1n) is 15.0. The van der Waals surface area contributed by atoms with Crippen LogP contribution in [0.1, 0.15) is 93.4 Å². The van der Waals surface area contributed by atoms with Gasteiger partial charge in [0.1, 0.15) is 34.4 Å². The van der Waals surface area contributed by atoms with E-state index in [2.05, 4.69) is 10.6 Å². The number of nitrogens with one attached hydrogen (secondary N) is 2. The number of rotatable bonds is 9. The van der Waals surface area contributed by atoms with E-state index in [-0.39, 0.29) is 5.78 Å². The predicted molar refractivity (Wildman–Crippen MR) is 174 cm³/mol. The molecule has 2 amide bonds. The van der Waals surface area contributed by atoms with E-state index in [1.165, 1.54) is 64.3 Å². The maximum Gasteiger partial charge on any atom is 0.258 e. The van der Waals surface area contributed by atoms with E-state index in [4.69, 9.17) is 11.6 Å². The molecular formula is C37H33ClF4N2O4. The molecule has 0 saturated heterocycles. The van der Waals surface area contributed by atoms with Gasteiger partial charge in [0.15, 0.2) is 11.6 Å². The SMILES string of the molecule is CC(C)(NC(=O)c1c(F)cccc1F)C(=O)c1ccc(C2CC2)cc1.CC(C)(NC(=O)c1c(F)cccc1F)C(=O)c1ccc(Cl)cc1. The highest BCUT2D eigenvalue weighted by atomic mass is 35.5. The minimum atomic E-state index is -1.35. The summed E-state index contributed by atoms with van der Waals surface area (Å²) in [5.41, 5.74) is -2.08. The zero-order valence-corrected chi connectivity index (χ0v) is 27.4. The normalized spacial score (nSPS) is 12.8. The number of ketones is 2. The fraction of sp³-hybridized carbons (Fsp3) is 0.243. The molecular weight excluding hydrogens is 648 g/mol. The fourth-order valence-corrected chi connectivity index (χ4v) is 5.01. The second-order valence-electron chi connectivity index (χ2n) is 12.4. The summed E-state index contributed by atoms with van der Waals surface area (Å²) in [7, 11) is 0. The third-order valence-electron chi connectivity index (χ3n) is 7.70. The molecule has 4 aromatic carbocycles. The third kappa shape index (κ3) is 8.55. The average Bonchev–Trinajstić information content (AvgIpc) is 3.86. The lowest BCUT2D eigenvalue weighted by atomic mass is 9.92. The molecule has 11 heteroatoms. The van der Waals surface area contributed by atoms with Crippen molar-refractivity contribution >= 4 is 35.0 Å². The fourth-order valence-electron chi connectivity index (χ4n) is 4.88. The first kappa shape index (κ1) is 36.0. The van der Waals surface area contributed by atoms with E-state index >= 15 is 0 Å². The number of benzene rings is 4. The summed E-state index contributed by atoms with van der Waals surface area (Å²) in [6.45, 7) is 5.95. The maximum atomic E-state index is 13.7. The Balaban J connectivity index is 0.000000218. The van der Waals surface area contributed by atoms with Crippen LogP contribution in [0.4, 0.5) is 17.6 Å². The quantitative estimate of drug-likeness (QED) is 0.138. The number of hydrogen-bond acceptors (Lipinski definition) is 4. The van der Waals surface area contributed by atoms with E-state index in [0.29, 0.717) is 22.1 Å². The molecule has 5 rings (SSSR count). The molecule has 2 N–H and O–H groups in total. The summed E-state index contributed by atoms with van der Waals surface area (Å²) in [5.74, 6) is -5.99. The van der Waals surface area contributed by atoms with E-state index in [1.54, 1.807) is 24.3 Å². The monoisotopic (exact) mass is 680 g/mol. The second-order valence-corrected chi connectivity index (χ2v) is 12.8. The van der Waals surface area contributed by atoms with Crippen molar-refractivity contribution in [1.29, 1.82) is 0 Å². The van der Waals surface area contributed by atoms with Crippen LogP contribution in [-0.4, -0.2) is 34.5 Å².